The number of nitrogens with zero attached hydrogens (tertiary/aromatic N) is 6. The minimum atomic E-state index is -2.99. The van der Waals surface area contributed by atoms with Crippen LogP contribution in [-0.4, -0.2) is 61.1 Å². The Morgan fingerprint density at radius 3 is 2.74 bits per heavy atom. The number of likely N-dealkylation sites (tertiary alicyclic amines) is 1. The number of fused-ring (bicyclic) bond motifs is 2. The SMILES string of the molecule is Cc1cc(Nc2ncnc3cccc(O[C@H]4C[C@H](C)N(C)CC4(F)F)c23)ccc1Oc1ccn2ncnc2c1. The second-order valence-corrected chi connectivity index (χ2v) is 9.87. The second-order valence-electron chi connectivity index (χ2n) is 9.87. The summed E-state index contributed by atoms with van der Waals surface area (Å²) in [6.07, 6.45) is 3.66. The van der Waals surface area contributed by atoms with E-state index in [1.165, 1.54) is 12.7 Å². The van der Waals surface area contributed by atoms with E-state index in [9.17, 15) is 8.78 Å². The molecule has 2 aromatic carbocycles. The fourth-order valence-corrected chi connectivity index (χ4v) is 4.78. The molecular weight excluding hydrogens is 504 g/mol. The Morgan fingerprint density at radius 2 is 1.90 bits per heavy atom. The summed E-state index contributed by atoms with van der Waals surface area (Å²) < 4.78 is 43.5. The average molecular weight is 532 g/mol. The van der Waals surface area contributed by atoms with Gasteiger partial charge in [-0.05, 0) is 62.9 Å². The third-order valence-corrected chi connectivity index (χ3v) is 7.05. The summed E-state index contributed by atoms with van der Waals surface area (Å²) in [7, 11) is 1.70. The smallest absolute Gasteiger partial charge is 0.296 e. The van der Waals surface area contributed by atoms with Gasteiger partial charge in [0, 0.05) is 30.4 Å². The fourth-order valence-electron chi connectivity index (χ4n) is 4.78. The third kappa shape index (κ3) is 4.92. The minimum absolute atomic E-state index is 0.0274. The third-order valence-electron chi connectivity index (χ3n) is 7.05. The molecule has 11 heteroatoms. The van der Waals surface area contributed by atoms with Crippen LogP contribution < -0.4 is 14.8 Å². The van der Waals surface area contributed by atoms with Gasteiger partial charge in [-0.3, -0.25) is 4.90 Å². The summed E-state index contributed by atoms with van der Waals surface area (Å²) in [5, 5.41) is 7.95. The van der Waals surface area contributed by atoms with Gasteiger partial charge in [0.1, 0.15) is 35.7 Å². The lowest BCUT2D eigenvalue weighted by molar-refractivity contribution is -0.146. The van der Waals surface area contributed by atoms with Crippen molar-refractivity contribution in [1.29, 1.82) is 0 Å². The molecule has 1 aliphatic rings. The van der Waals surface area contributed by atoms with Crippen LogP contribution in [0.3, 0.4) is 0 Å². The highest BCUT2D eigenvalue weighted by Crippen LogP contribution is 2.38. The molecule has 0 amide bonds. The van der Waals surface area contributed by atoms with Crippen molar-refractivity contribution >= 4 is 28.1 Å². The van der Waals surface area contributed by atoms with Crippen LogP contribution in [0, 0.1) is 6.92 Å². The first-order valence-corrected chi connectivity index (χ1v) is 12.6. The quantitative estimate of drug-likeness (QED) is 0.302. The van der Waals surface area contributed by atoms with Crippen molar-refractivity contribution in [2.75, 3.05) is 18.9 Å². The lowest BCUT2D eigenvalue weighted by Crippen LogP contribution is -2.55. The zero-order valence-corrected chi connectivity index (χ0v) is 21.7. The van der Waals surface area contributed by atoms with Crippen molar-refractivity contribution in [3.05, 3.63) is 72.9 Å². The number of hydrogen-bond acceptors (Lipinski definition) is 8. The zero-order chi connectivity index (χ0) is 27.1. The van der Waals surface area contributed by atoms with Crippen LogP contribution in [0.1, 0.15) is 18.9 Å². The number of benzene rings is 2. The van der Waals surface area contributed by atoms with Gasteiger partial charge in [-0.1, -0.05) is 6.07 Å². The Bertz CT molecular complexity index is 1650. The number of nitrogens with one attached hydrogen (secondary N) is 1. The molecule has 3 aromatic heterocycles. The normalized spacial score (nSPS) is 19.3. The number of aromatic nitrogens is 5. The Kier molecular flexibility index (Phi) is 6.22. The van der Waals surface area contributed by atoms with Gasteiger partial charge < -0.3 is 14.8 Å². The molecule has 1 fully saturated rings. The monoisotopic (exact) mass is 531 g/mol. The van der Waals surface area contributed by atoms with E-state index in [4.69, 9.17) is 9.47 Å². The van der Waals surface area contributed by atoms with Crippen molar-refractivity contribution in [2.45, 2.75) is 38.3 Å². The van der Waals surface area contributed by atoms with E-state index in [0.29, 0.717) is 39.6 Å². The molecule has 0 bridgehead atoms. The Balaban J connectivity index is 1.27. The van der Waals surface area contributed by atoms with E-state index >= 15 is 0 Å². The molecule has 6 rings (SSSR count). The van der Waals surface area contributed by atoms with Crippen LogP contribution in [0.5, 0.6) is 17.2 Å². The predicted octanol–water partition coefficient (Wildman–Crippen LogP) is 5.62. The summed E-state index contributed by atoms with van der Waals surface area (Å²) in [5.74, 6) is -0.886. The topological polar surface area (TPSA) is 89.7 Å². The van der Waals surface area contributed by atoms with Gasteiger partial charge in [-0.2, -0.15) is 5.10 Å². The molecule has 0 aliphatic carbocycles. The van der Waals surface area contributed by atoms with Crippen LogP contribution in [0.15, 0.2) is 67.4 Å². The molecule has 1 N–H and O–H groups in total. The highest BCUT2D eigenvalue weighted by Gasteiger charge is 2.48. The molecule has 9 nitrogen and oxygen atoms in total. The molecule has 200 valence electrons. The summed E-state index contributed by atoms with van der Waals surface area (Å²) in [6, 6.07) is 14.5. The first-order chi connectivity index (χ1) is 18.8. The molecule has 0 saturated carbocycles. The number of pyridine rings is 1. The predicted molar refractivity (Wildman–Crippen MR) is 143 cm³/mol. The van der Waals surface area contributed by atoms with E-state index in [1.54, 1.807) is 40.9 Å². The largest absolute Gasteiger partial charge is 0.483 e. The maximum atomic E-state index is 14.9. The standard InChI is InChI=1S/C28H27F2N7O2/c1-17-11-19(7-8-22(17)38-20-9-10-37-25(13-20)32-16-34-37)35-27-26-21(31-15-33-27)5-4-6-23(26)39-24-12-18(2)36(3)14-28(24,29)30/h4-11,13,15-16,18,24H,12,14H2,1-3H3,(H,31,33,35)/t18-,24-/m0/s1. The molecule has 1 aliphatic heterocycles. The van der Waals surface area contributed by atoms with Crippen LogP contribution >= 0.6 is 0 Å². The van der Waals surface area contributed by atoms with E-state index in [0.717, 1.165) is 11.3 Å². The number of aryl methyl sites for hydroxylation is 1. The van der Waals surface area contributed by atoms with Crippen LogP contribution in [0.25, 0.3) is 16.6 Å². The molecule has 0 radical (unpaired) electrons. The maximum Gasteiger partial charge on any atom is 0.296 e. The maximum absolute atomic E-state index is 14.9. The molecule has 2 atom stereocenters. The minimum Gasteiger partial charge on any atom is -0.483 e. The second kappa shape index (κ2) is 9.73. The van der Waals surface area contributed by atoms with Crippen LogP contribution in [0.2, 0.25) is 0 Å². The summed E-state index contributed by atoms with van der Waals surface area (Å²) in [6.45, 7) is 3.51. The molecular formula is C28H27F2N7O2. The van der Waals surface area contributed by atoms with Gasteiger partial charge in [0.05, 0.1) is 17.4 Å². The van der Waals surface area contributed by atoms with Crippen molar-refractivity contribution in [3.8, 4) is 17.2 Å². The van der Waals surface area contributed by atoms with E-state index in [1.807, 2.05) is 44.2 Å². The van der Waals surface area contributed by atoms with Gasteiger partial charge in [0.25, 0.3) is 5.92 Å². The number of piperidine rings is 1. The number of hydrogen-bond donors (Lipinski definition) is 1. The number of anilines is 2. The fraction of sp³-hybridized carbons (Fsp3) is 0.286. The molecule has 5 aromatic rings. The molecule has 0 spiro atoms. The number of halogens is 2. The number of alkyl halides is 2. The first kappa shape index (κ1) is 24.9. The summed E-state index contributed by atoms with van der Waals surface area (Å²) >= 11 is 0. The zero-order valence-electron chi connectivity index (χ0n) is 21.7. The van der Waals surface area contributed by atoms with Gasteiger partial charge in [0.15, 0.2) is 11.8 Å². The van der Waals surface area contributed by atoms with Crippen molar-refractivity contribution in [2.24, 2.45) is 0 Å². The molecule has 0 unspecified atom stereocenters. The van der Waals surface area contributed by atoms with Crippen LogP contribution in [0.4, 0.5) is 20.3 Å². The average Bonchev–Trinajstić information content (AvgIpc) is 3.37. The van der Waals surface area contributed by atoms with Gasteiger partial charge in [0.2, 0.25) is 0 Å². The Morgan fingerprint density at radius 1 is 1.03 bits per heavy atom. The van der Waals surface area contributed by atoms with Gasteiger partial charge >= 0.3 is 0 Å². The molecule has 4 heterocycles. The van der Waals surface area contributed by atoms with Crippen LogP contribution in [-0.2, 0) is 0 Å². The number of rotatable bonds is 6. The summed E-state index contributed by atoms with van der Waals surface area (Å²) in [4.78, 5) is 14.6. The van der Waals surface area contributed by atoms with E-state index in [-0.39, 0.29) is 19.0 Å². The van der Waals surface area contributed by atoms with Crippen molar-refractivity contribution in [3.63, 3.8) is 0 Å². The molecule has 39 heavy (non-hydrogen) atoms. The first-order valence-electron chi connectivity index (χ1n) is 12.6. The van der Waals surface area contributed by atoms with E-state index < -0.39 is 12.0 Å². The Hall–Kier alpha value is -4.38. The van der Waals surface area contributed by atoms with E-state index in [2.05, 4.69) is 25.4 Å². The van der Waals surface area contributed by atoms with Crippen molar-refractivity contribution in [1.82, 2.24) is 29.5 Å². The summed E-state index contributed by atoms with van der Waals surface area (Å²) in [5.41, 5.74) is 2.91. The highest BCUT2D eigenvalue weighted by atomic mass is 19.3. The van der Waals surface area contributed by atoms with Gasteiger partial charge in [-0.15, -0.1) is 0 Å². The lowest BCUT2D eigenvalue weighted by Gasteiger charge is -2.40. The Labute approximate surface area is 223 Å². The van der Waals surface area contributed by atoms with Gasteiger partial charge in [-0.25, -0.2) is 28.2 Å². The lowest BCUT2D eigenvalue weighted by atomic mass is 9.97. The number of ether oxygens (including phenoxy) is 2. The van der Waals surface area contributed by atoms with Crippen molar-refractivity contribution < 1.29 is 18.3 Å². The molecule has 1 saturated heterocycles. The highest BCUT2D eigenvalue weighted by molar-refractivity contribution is 5.95.